The fraction of sp³-hybridized carbons (Fsp3) is 0.655. The Kier molecular flexibility index (Phi) is 46.0. The summed E-state index contributed by atoms with van der Waals surface area (Å²) in [7, 11) is 0. The van der Waals surface area contributed by atoms with Crippen LogP contribution >= 0.6 is 0 Å². The summed E-state index contributed by atoms with van der Waals surface area (Å²) in [6.45, 7) is 6.31. The van der Waals surface area contributed by atoms with E-state index in [1.54, 1.807) is 0 Å². The van der Waals surface area contributed by atoms with Crippen LogP contribution in [0.4, 0.5) is 0 Å². The van der Waals surface area contributed by atoms with Crippen LogP contribution in [0.2, 0.25) is 0 Å². The molecule has 0 aromatic rings. The van der Waals surface area contributed by atoms with Gasteiger partial charge in [-0.1, -0.05) is 201 Å². The van der Waals surface area contributed by atoms with Gasteiger partial charge in [-0.05, 0) is 89.9 Å². The fourth-order valence-electron chi connectivity index (χ4n) is 6.48. The molecule has 346 valence electrons. The van der Waals surface area contributed by atoms with Crippen LogP contribution in [0.3, 0.4) is 0 Å². The highest BCUT2D eigenvalue weighted by Gasteiger charge is 2.19. The molecular weight excluding hydrogens is 757 g/mol. The number of rotatable bonds is 43. The molecule has 0 bridgehead atoms. The van der Waals surface area contributed by atoms with Crippen molar-refractivity contribution in [2.45, 2.75) is 219 Å². The van der Waals surface area contributed by atoms with Gasteiger partial charge < -0.3 is 14.2 Å². The third-order valence-corrected chi connectivity index (χ3v) is 10.2. The monoisotopic (exact) mass is 847 g/mol. The Hall–Kier alpha value is -3.67. The summed E-state index contributed by atoms with van der Waals surface area (Å²) >= 11 is 0. The van der Waals surface area contributed by atoms with E-state index >= 15 is 0 Å². The second kappa shape index (κ2) is 49.0. The van der Waals surface area contributed by atoms with Crippen molar-refractivity contribution in [1.82, 2.24) is 0 Å². The highest BCUT2D eigenvalue weighted by atomic mass is 16.6. The molecule has 0 aliphatic carbocycles. The molecule has 0 aromatic heterocycles. The van der Waals surface area contributed by atoms with Gasteiger partial charge in [0.25, 0.3) is 0 Å². The third kappa shape index (κ3) is 47.2. The first kappa shape index (κ1) is 57.3. The van der Waals surface area contributed by atoms with E-state index < -0.39 is 6.10 Å². The van der Waals surface area contributed by atoms with Crippen molar-refractivity contribution in [1.29, 1.82) is 0 Å². The maximum Gasteiger partial charge on any atom is 0.306 e. The van der Waals surface area contributed by atoms with Crippen LogP contribution in [0, 0.1) is 0 Å². The van der Waals surface area contributed by atoms with Gasteiger partial charge in [-0.25, -0.2) is 0 Å². The number of hydrogen-bond acceptors (Lipinski definition) is 6. The summed E-state index contributed by atoms with van der Waals surface area (Å²) < 4.78 is 16.7. The molecule has 0 radical (unpaired) electrons. The van der Waals surface area contributed by atoms with Crippen LogP contribution in [-0.2, 0) is 28.6 Å². The molecule has 0 fully saturated rings. The largest absolute Gasteiger partial charge is 0.462 e. The number of unbranched alkanes of at least 4 members (excludes halogenated alkanes) is 20. The molecule has 0 aliphatic rings. The standard InChI is InChI=1S/C55H90O6/c1-4-7-10-13-16-19-22-25-27-29-30-33-36-39-42-45-48-54(57)60-51-52(50-59-53(56)47-44-41-38-35-32-24-21-18-15-12-9-6-3)61-55(58)49-46-43-40-37-34-31-28-26-23-20-17-14-11-8-5-2/h8-9,11-12,14,17-18,20-21,23,26-30,33,52H,4-7,10,13,15-16,19,22,24-25,31-32,34-51H2,1-3H3/b11-8-,12-9-,17-14-,21-18-,23-20-,28-26-,29-27-,33-30-. The smallest absolute Gasteiger partial charge is 0.306 e. The molecule has 0 saturated carbocycles. The van der Waals surface area contributed by atoms with E-state index in [0.717, 1.165) is 128 Å². The van der Waals surface area contributed by atoms with Crippen molar-refractivity contribution in [2.24, 2.45) is 0 Å². The minimum Gasteiger partial charge on any atom is -0.462 e. The number of esters is 3. The highest BCUT2D eigenvalue weighted by molar-refractivity contribution is 5.71. The third-order valence-electron chi connectivity index (χ3n) is 10.2. The summed E-state index contributed by atoms with van der Waals surface area (Å²) in [4.78, 5) is 37.9. The van der Waals surface area contributed by atoms with Gasteiger partial charge in [0.2, 0.25) is 0 Å². The van der Waals surface area contributed by atoms with Crippen molar-refractivity contribution >= 4 is 17.9 Å². The quantitative estimate of drug-likeness (QED) is 0.0200. The van der Waals surface area contributed by atoms with Crippen molar-refractivity contribution < 1.29 is 28.6 Å². The van der Waals surface area contributed by atoms with E-state index in [2.05, 4.69) is 93.7 Å². The topological polar surface area (TPSA) is 78.9 Å². The van der Waals surface area contributed by atoms with Crippen molar-refractivity contribution in [3.05, 3.63) is 97.2 Å². The van der Waals surface area contributed by atoms with E-state index in [0.29, 0.717) is 19.3 Å². The van der Waals surface area contributed by atoms with Crippen LogP contribution in [0.15, 0.2) is 97.2 Å². The van der Waals surface area contributed by atoms with E-state index in [1.165, 1.54) is 44.9 Å². The maximum atomic E-state index is 12.8. The Labute approximate surface area is 375 Å². The van der Waals surface area contributed by atoms with Crippen molar-refractivity contribution in [2.75, 3.05) is 13.2 Å². The molecule has 0 aromatic carbocycles. The number of carbonyl (C=O) groups is 3. The lowest BCUT2D eigenvalue weighted by Crippen LogP contribution is -2.30. The first-order valence-corrected chi connectivity index (χ1v) is 24.8. The molecule has 0 aliphatic heterocycles. The molecule has 6 heteroatoms. The molecule has 0 N–H and O–H groups in total. The first-order valence-electron chi connectivity index (χ1n) is 24.8. The van der Waals surface area contributed by atoms with E-state index in [1.807, 2.05) is 24.3 Å². The molecule has 1 unspecified atom stereocenters. The second-order valence-corrected chi connectivity index (χ2v) is 16.1. The fourth-order valence-corrected chi connectivity index (χ4v) is 6.48. The van der Waals surface area contributed by atoms with Crippen molar-refractivity contribution in [3.8, 4) is 0 Å². The van der Waals surface area contributed by atoms with Gasteiger partial charge in [-0.2, -0.15) is 0 Å². The Morgan fingerprint density at radius 2 is 0.721 bits per heavy atom. The molecule has 6 nitrogen and oxygen atoms in total. The van der Waals surface area contributed by atoms with Gasteiger partial charge in [-0.15, -0.1) is 0 Å². The van der Waals surface area contributed by atoms with Gasteiger partial charge in [0.15, 0.2) is 6.10 Å². The molecular formula is C55H90O6. The Morgan fingerprint density at radius 3 is 1.21 bits per heavy atom. The molecule has 0 heterocycles. The van der Waals surface area contributed by atoms with E-state index in [9.17, 15) is 14.4 Å². The maximum absolute atomic E-state index is 12.8. The minimum atomic E-state index is -0.806. The number of allylic oxidation sites excluding steroid dienone is 16. The minimum absolute atomic E-state index is 0.105. The van der Waals surface area contributed by atoms with Crippen LogP contribution < -0.4 is 0 Å². The van der Waals surface area contributed by atoms with Crippen LogP contribution in [0.25, 0.3) is 0 Å². The zero-order valence-electron chi connectivity index (χ0n) is 39.4. The average molecular weight is 847 g/mol. The normalized spacial score (nSPS) is 12.9. The lowest BCUT2D eigenvalue weighted by Gasteiger charge is -2.18. The lowest BCUT2D eigenvalue weighted by atomic mass is 10.1. The van der Waals surface area contributed by atoms with Gasteiger partial charge >= 0.3 is 17.9 Å². The summed E-state index contributed by atoms with van der Waals surface area (Å²) in [5.41, 5.74) is 0. The van der Waals surface area contributed by atoms with Gasteiger partial charge in [0.1, 0.15) is 13.2 Å². The molecule has 0 amide bonds. The predicted molar refractivity (Wildman–Crippen MR) is 260 cm³/mol. The highest BCUT2D eigenvalue weighted by Crippen LogP contribution is 2.13. The summed E-state index contributed by atoms with van der Waals surface area (Å²) in [5, 5.41) is 0. The first-order chi connectivity index (χ1) is 30.0. The van der Waals surface area contributed by atoms with Crippen molar-refractivity contribution in [3.63, 3.8) is 0 Å². The molecule has 0 spiro atoms. The van der Waals surface area contributed by atoms with Gasteiger partial charge in [0, 0.05) is 19.3 Å². The Morgan fingerprint density at radius 1 is 0.361 bits per heavy atom. The molecule has 0 rings (SSSR count). The Balaban J connectivity index is 4.50. The summed E-state index contributed by atoms with van der Waals surface area (Å²) in [5.74, 6) is -0.975. The predicted octanol–water partition coefficient (Wildman–Crippen LogP) is 16.2. The Bertz CT molecular complexity index is 1250. The summed E-state index contributed by atoms with van der Waals surface area (Å²) in [6.07, 6.45) is 63.9. The zero-order valence-corrected chi connectivity index (χ0v) is 39.4. The lowest BCUT2D eigenvalue weighted by molar-refractivity contribution is -0.167. The van der Waals surface area contributed by atoms with E-state index in [-0.39, 0.29) is 31.1 Å². The van der Waals surface area contributed by atoms with Crippen LogP contribution in [0.1, 0.15) is 213 Å². The van der Waals surface area contributed by atoms with E-state index in [4.69, 9.17) is 14.2 Å². The van der Waals surface area contributed by atoms with Gasteiger partial charge in [-0.3, -0.25) is 14.4 Å². The zero-order chi connectivity index (χ0) is 44.4. The molecule has 61 heavy (non-hydrogen) atoms. The number of ether oxygens (including phenoxy) is 3. The SMILES string of the molecule is CC\C=C/C=C\C=C/C=C\CCCCCCCC(=O)OC(COC(=O)CCCCC/C=C\C=C/CCCCCCCCC)COC(=O)CCCCCCC/C=C\C/C=C\CC. The van der Waals surface area contributed by atoms with Gasteiger partial charge in [0.05, 0.1) is 0 Å². The molecule has 0 saturated heterocycles. The number of carbonyl (C=O) groups excluding carboxylic acids is 3. The number of hydrogen-bond donors (Lipinski definition) is 0. The second-order valence-electron chi connectivity index (χ2n) is 16.1. The summed E-state index contributed by atoms with van der Waals surface area (Å²) in [6, 6.07) is 0. The average Bonchev–Trinajstić information content (AvgIpc) is 3.26. The van der Waals surface area contributed by atoms with Crippen LogP contribution in [-0.4, -0.2) is 37.2 Å². The molecule has 1 atom stereocenters. The van der Waals surface area contributed by atoms with Crippen LogP contribution in [0.5, 0.6) is 0 Å².